The number of rotatable bonds is 2. The molecule has 2 aromatic carbocycles. The minimum atomic E-state index is 0.0878. The topological polar surface area (TPSA) is 48.4 Å². The summed E-state index contributed by atoms with van der Waals surface area (Å²) in [4.78, 5) is 7.32. The van der Waals surface area contributed by atoms with Gasteiger partial charge >= 0.3 is 0 Å². The molecule has 5 heteroatoms. The van der Waals surface area contributed by atoms with Crippen LogP contribution in [0.25, 0.3) is 10.9 Å². The lowest BCUT2D eigenvalue weighted by molar-refractivity contribution is 0.457. The van der Waals surface area contributed by atoms with Crippen LogP contribution in [0.15, 0.2) is 45.9 Å². The first-order chi connectivity index (χ1) is 10.0. The lowest BCUT2D eigenvalue weighted by Crippen LogP contribution is -1.80. The smallest absolute Gasteiger partial charge is 0.198 e. The molecule has 0 saturated heterocycles. The van der Waals surface area contributed by atoms with Crippen molar-refractivity contribution < 1.29 is 5.11 Å². The van der Waals surface area contributed by atoms with Gasteiger partial charge in [0.1, 0.15) is 0 Å². The van der Waals surface area contributed by atoms with Crippen LogP contribution in [0.3, 0.4) is 0 Å². The molecule has 0 fully saturated rings. The number of hydrogen-bond acceptors (Lipinski definition) is 2. The zero-order valence-corrected chi connectivity index (χ0v) is 13.5. The van der Waals surface area contributed by atoms with Crippen LogP contribution in [0.5, 0.6) is 5.88 Å². The van der Waals surface area contributed by atoms with Gasteiger partial charge in [0.2, 0.25) is 0 Å². The molecule has 0 atom stereocenters. The average molecular weight is 364 g/mol. The van der Waals surface area contributed by atoms with Crippen LogP contribution >= 0.6 is 27.5 Å². The molecule has 21 heavy (non-hydrogen) atoms. The summed E-state index contributed by atoms with van der Waals surface area (Å²) in [6, 6.07) is 11.3. The van der Waals surface area contributed by atoms with E-state index in [0.717, 1.165) is 26.6 Å². The third-order valence-corrected chi connectivity index (χ3v) is 4.39. The highest BCUT2D eigenvalue weighted by Gasteiger charge is 2.09. The number of aromatic hydroxyl groups is 1. The fourth-order valence-corrected chi connectivity index (χ4v) is 2.57. The van der Waals surface area contributed by atoms with Crippen molar-refractivity contribution in [2.45, 2.75) is 6.92 Å². The molecule has 0 amide bonds. The van der Waals surface area contributed by atoms with Crippen LogP contribution in [-0.4, -0.2) is 16.3 Å². The molecule has 106 valence electrons. The Labute approximate surface area is 135 Å². The standard InChI is InChI=1S/C16H12BrClN2O/c1-9-6-11(3-5-14(9)17)19-8-13-12-4-2-10(18)7-15(12)20-16(13)21/h2-8,20-21H,1H3. The van der Waals surface area contributed by atoms with Gasteiger partial charge in [0.05, 0.1) is 16.8 Å². The van der Waals surface area contributed by atoms with E-state index >= 15 is 0 Å². The Balaban J connectivity index is 2.02. The van der Waals surface area contributed by atoms with Gasteiger partial charge < -0.3 is 10.1 Å². The molecule has 3 nitrogen and oxygen atoms in total. The number of nitrogens with one attached hydrogen (secondary N) is 1. The largest absolute Gasteiger partial charge is 0.494 e. The highest BCUT2D eigenvalue weighted by atomic mass is 79.9. The molecular formula is C16H12BrClN2O. The van der Waals surface area contributed by atoms with Crippen molar-refractivity contribution in [3.05, 3.63) is 57.0 Å². The van der Waals surface area contributed by atoms with Gasteiger partial charge in [-0.05, 0) is 42.8 Å². The second kappa shape index (κ2) is 5.54. The number of H-pyrrole nitrogens is 1. The number of fused-ring (bicyclic) bond motifs is 1. The molecule has 0 radical (unpaired) electrons. The second-order valence-electron chi connectivity index (χ2n) is 4.77. The molecule has 0 aliphatic carbocycles. The van der Waals surface area contributed by atoms with Crippen molar-refractivity contribution in [1.82, 2.24) is 4.98 Å². The summed E-state index contributed by atoms with van der Waals surface area (Å²) in [6.07, 6.45) is 1.66. The fourth-order valence-electron chi connectivity index (χ4n) is 2.16. The van der Waals surface area contributed by atoms with Crippen LogP contribution in [0, 0.1) is 6.92 Å². The monoisotopic (exact) mass is 362 g/mol. The molecule has 0 saturated carbocycles. The predicted octanol–water partition coefficient (Wildman–Crippen LogP) is 5.35. The van der Waals surface area contributed by atoms with Crippen molar-refractivity contribution >= 4 is 50.3 Å². The molecule has 0 bridgehead atoms. The molecule has 3 aromatic rings. The molecular weight excluding hydrogens is 352 g/mol. The van der Waals surface area contributed by atoms with Crippen LogP contribution in [0.1, 0.15) is 11.1 Å². The Hall–Kier alpha value is -1.78. The van der Waals surface area contributed by atoms with Crippen molar-refractivity contribution in [2.75, 3.05) is 0 Å². The SMILES string of the molecule is Cc1cc(N=Cc2c(O)[nH]c3cc(Cl)ccc23)ccc1Br. The molecule has 1 heterocycles. The first-order valence-electron chi connectivity index (χ1n) is 6.35. The van der Waals surface area contributed by atoms with Crippen LogP contribution < -0.4 is 0 Å². The third-order valence-electron chi connectivity index (χ3n) is 3.26. The summed E-state index contributed by atoms with van der Waals surface area (Å²) in [5, 5.41) is 11.5. The van der Waals surface area contributed by atoms with Crippen LogP contribution in [0.2, 0.25) is 5.02 Å². The number of hydrogen-bond donors (Lipinski definition) is 2. The lowest BCUT2D eigenvalue weighted by Gasteiger charge is -1.99. The quantitative estimate of drug-likeness (QED) is 0.592. The first-order valence-corrected chi connectivity index (χ1v) is 7.52. The van der Waals surface area contributed by atoms with E-state index in [1.54, 1.807) is 18.3 Å². The summed E-state index contributed by atoms with van der Waals surface area (Å²) in [5.74, 6) is 0.0878. The van der Waals surface area contributed by atoms with Gasteiger partial charge in [0.15, 0.2) is 5.88 Å². The van der Waals surface area contributed by atoms with Gasteiger partial charge in [-0.1, -0.05) is 33.6 Å². The van der Waals surface area contributed by atoms with E-state index in [1.165, 1.54) is 0 Å². The highest BCUT2D eigenvalue weighted by Crippen LogP contribution is 2.29. The van der Waals surface area contributed by atoms with Crippen molar-refractivity contribution in [3.8, 4) is 5.88 Å². The summed E-state index contributed by atoms with van der Waals surface area (Å²) in [5.41, 5.74) is 3.38. The summed E-state index contributed by atoms with van der Waals surface area (Å²) < 4.78 is 1.05. The molecule has 3 rings (SSSR count). The van der Waals surface area contributed by atoms with Gasteiger partial charge in [-0.25, -0.2) is 0 Å². The van der Waals surface area contributed by atoms with E-state index in [2.05, 4.69) is 25.9 Å². The van der Waals surface area contributed by atoms with Crippen LogP contribution in [0.4, 0.5) is 5.69 Å². The molecule has 0 aliphatic rings. The number of aliphatic imine (C=N–C) groups is 1. The normalized spacial score (nSPS) is 11.6. The summed E-state index contributed by atoms with van der Waals surface area (Å²) >= 11 is 9.41. The highest BCUT2D eigenvalue weighted by molar-refractivity contribution is 9.10. The van der Waals surface area contributed by atoms with E-state index in [9.17, 15) is 5.11 Å². The number of benzene rings is 2. The molecule has 0 aliphatic heterocycles. The Morgan fingerprint density at radius 1 is 1.24 bits per heavy atom. The Morgan fingerprint density at radius 3 is 2.81 bits per heavy atom. The lowest BCUT2D eigenvalue weighted by atomic mass is 10.2. The van der Waals surface area contributed by atoms with Crippen molar-refractivity contribution in [3.63, 3.8) is 0 Å². The number of halogens is 2. The maximum atomic E-state index is 10.0. The molecule has 0 spiro atoms. The van der Waals surface area contributed by atoms with Gasteiger partial charge in [-0.15, -0.1) is 0 Å². The van der Waals surface area contributed by atoms with E-state index < -0.39 is 0 Å². The minimum Gasteiger partial charge on any atom is -0.494 e. The van der Waals surface area contributed by atoms with Crippen molar-refractivity contribution in [2.24, 2.45) is 4.99 Å². The van der Waals surface area contributed by atoms with Gasteiger partial charge in [0, 0.05) is 21.1 Å². The Morgan fingerprint density at radius 2 is 2.05 bits per heavy atom. The average Bonchev–Trinajstić information content (AvgIpc) is 2.75. The summed E-state index contributed by atoms with van der Waals surface area (Å²) in [7, 11) is 0. The number of aromatic amines is 1. The zero-order valence-electron chi connectivity index (χ0n) is 11.2. The molecule has 2 N–H and O–H groups in total. The van der Waals surface area contributed by atoms with Gasteiger partial charge in [-0.2, -0.15) is 0 Å². The molecule has 1 aromatic heterocycles. The molecule has 0 unspecified atom stereocenters. The predicted molar refractivity (Wildman–Crippen MR) is 91.1 cm³/mol. The van der Waals surface area contributed by atoms with Crippen molar-refractivity contribution in [1.29, 1.82) is 0 Å². The summed E-state index contributed by atoms with van der Waals surface area (Å²) in [6.45, 7) is 2.01. The maximum absolute atomic E-state index is 10.0. The third kappa shape index (κ3) is 2.82. The van der Waals surface area contributed by atoms with E-state index in [-0.39, 0.29) is 5.88 Å². The fraction of sp³-hybridized carbons (Fsp3) is 0.0625. The number of aryl methyl sites for hydroxylation is 1. The van der Waals surface area contributed by atoms with Crippen LogP contribution in [-0.2, 0) is 0 Å². The second-order valence-corrected chi connectivity index (χ2v) is 6.06. The zero-order chi connectivity index (χ0) is 15.0. The Kier molecular flexibility index (Phi) is 3.74. The van der Waals surface area contributed by atoms with Gasteiger partial charge in [0.25, 0.3) is 0 Å². The van der Waals surface area contributed by atoms with Gasteiger partial charge in [-0.3, -0.25) is 4.99 Å². The minimum absolute atomic E-state index is 0.0878. The number of aromatic nitrogens is 1. The maximum Gasteiger partial charge on any atom is 0.198 e. The van der Waals surface area contributed by atoms with E-state index in [4.69, 9.17) is 11.6 Å². The first kappa shape index (κ1) is 14.2. The van der Waals surface area contributed by atoms with E-state index in [0.29, 0.717) is 10.6 Å². The Bertz CT molecular complexity index is 855. The number of nitrogens with zero attached hydrogens (tertiary/aromatic N) is 1. The van der Waals surface area contributed by atoms with E-state index in [1.807, 2.05) is 31.2 Å².